The number of rotatable bonds is 3. The summed E-state index contributed by atoms with van der Waals surface area (Å²) in [6.45, 7) is 5.49. The summed E-state index contributed by atoms with van der Waals surface area (Å²) >= 11 is 0. The summed E-state index contributed by atoms with van der Waals surface area (Å²) in [5.74, 6) is 1.87. The maximum Gasteiger partial charge on any atom is 0.123 e. The van der Waals surface area contributed by atoms with Crippen molar-refractivity contribution in [1.29, 1.82) is 0 Å². The third-order valence-electron chi connectivity index (χ3n) is 3.30. The normalized spacial score (nSPS) is 16.0. The van der Waals surface area contributed by atoms with Gasteiger partial charge in [0.25, 0.3) is 0 Å². The molecule has 0 aromatic heterocycles. The maximum atomic E-state index is 10.0. The van der Waals surface area contributed by atoms with Crippen LogP contribution in [0.4, 0.5) is 0 Å². The van der Waals surface area contributed by atoms with Crippen LogP contribution in [0.3, 0.4) is 0 Å². The highest BCUT2D eigenvalue weighted by Crippen LogP contribution is 2.37. The molecule has 3 N–H and O–H groups in total. The van der Waals surface area contributed by atoms with E-state index in [0.29, 0.717) is 24.8 Å². The van der Waals surface area contributed by atoms with Gasteiger partial charge in [0, 0.05) is 23.5 Å². The average molecular weight is 221 g/mol. The Bertz CT molecular complexity index is 388. The van der Waals surface area contributed by atoms with Crippen LogP contribution in [0.5, 0.6) is 11.5 Å². The fourth-order valence-electron chi connectivity index (χ4n) is 2.28. The SMILES string of the molecule is CC(C)C(CN)c1cc2c(cc1O)CCO2. The van der Waals surface area contributed by atoms with Crippen LogP contribution in [0.15, 0.2) is 12.1 Å². The van der Waals surface area contributed by atoms with E-state index in [9.17, 15) is 5.11 Å². The van der Waals surface area contributed by atoms with Gasteiger partial charge < -0.3 is 15.6 Å². The first-order valence-corrected chi connectivity index (χ1v) is 5.82. The summed E-state index contributed by atoms with van der Waals surface area (Å²) in [7, 11) is 0. The largest absolute Gasteiger partial charge is 0.508 e. The minimum Gasteiger partial charge on any atom is -0.508 e. The third kappa shape index (κ3) is 1.87. The van der Waals surface area contributed by atoms with Gasteiger partial charge in [-0.1, -0.05) is 13.8 Å². The Morgan fingerprint density at radius 2 is 2.19 bits per heavy atom. The van der Waals surface area contributed by atoms with E-state index >= 15 is 0 Å². The molecule has 3 nitrogen and oxygen atoms in total. The zero-order valence-electron chi connectivity index (χ0n) is 9.86. The smallest absolute Gasteiger partial charge is 0.123 e. The van der Waals surface area contributed by atoms with Crippen molar-refractivity contribution in [2.24, 2.45) is 11.7 Å². The second-order valence-corrected chi connectivity index (χ2v) is 4.70. The number of benzene rings is 1. The maximum absolute atomic E-state index is 10.0. The van der Waals surface area contributed by atoms with Gasteiger partial charge in [-0.2, -0.15) is 0 Å². The van der Waals surface area contributed by atoms with Gasteiger partial charge in [0.05, 0.1) is 6.61 Å². The minimum atomic E-state index is 0.189. The van der Waals surface area contributed by atoms with Crippen molar-refractivity contribution in [2.75, 3.05) is 13.2 Å². The lowest BCUT2D eigenvalue weighted by Gasteiger charge is -2.21. The van der Waals surface area contributed by atoms with Gasteiger partial charge >= 0.3 is 0 Å². The van der Waals surface area contributed by atoms with Gasteiger partial charge in [-0.3, -0.25) is 0 Å². The highest BCUT2D eigenvalue weighted by Gasteiger charge is 2.22. The molecule has 0 amide bonds. The van der Waals surface area contributed by atoms with Crippen molar-refractivity contribution >= 4 is 0 Å². The second kappa shape index (κ2) is 4.34. The molecule has 2 rings (SSSR count). The molecule has 1 heterocycles. The molecule has 0 aliphatic carbocycles. The molecule has 1 aliphatic rings. The van der Waals surface area contributed by atoms with Crippen LogP contribution in [0.2, 0.25) is 0 Å². The van der Waals surface area contributed by atoms with Gasteiger partial charge in [-0.25, -0.2) is 0 Å². The quantitative estimate of drug-likeness (QED) is 0.821. The number of nitrogens with two attached hydrogens (primary N) is 1. The first kappa shape index (κ1) is 11.3. The Morgan fingerprint density at radius 1 is 1.44 bits per heavy atom. The highest BCUT2D eigenvalue weighted by atomic mass is 16.5. The van der Waals surface area contributed by atoms with Crippen molar-refractivity contribution in [3.63, 3.8) is 0 Å². The number of hydrogen-bond acceptors (Lipinski definition) is 3. The molecule has 0 radical (unpaired) electrons. The molecule has 0 saturated carbocycles. The van der Waals surface area contributed by atoms with Gasteiger partial charge in [-0.15, -0.1) is 0 Å². The average Bonchev–Trinajstić information content (AvgIpc) is 2.65. The van der Waals surface area contributed by atoms with Crippen LogP contribution in [0, 0.1) is 5.92 Å². The van der Waals surface area contributed by atoms with Crippen LogP contribution in [0.25, 0.3) is 0 Å². The Labute approximate surface area is 96.2 Å². The molecule has 1 aliphatic heterocycles. The van der Waals surface area contributed by atoms with E-state index in [1.54, 1.807) is 0 Å². The van der Waals surface area contributed by atoms with Crippen molar-refractivity contribution in [2.45, 2.75) is 26.2 Å². The lowest BCUT2D eigenvalue weighted by Crippen LogP contribution is -2.18. The molecule has 1 atom stereocenters. The molecule has 3 heteroatoms. The minimum absolute atomic E-state index is 0.189. The molecule has 1 aromatic carbocycles. The summed E-state index contributed by atoms with van der Waals surface area (Å²) < 4.78 is 5.52. The predicted octanol–water partition coefficient (Wildman–Crippen LogP) is 2.03. The summed E-state index contributed by atoms with van der Waals surface area (Å²) in [6, 6.07) is 3.78. The van der Waals surface area contributed by atoms with Gasteiger partial charge in [0.2, 0.25) is 0 Å². The lowest BCUT2D eigenvalue weighted by atomic mass is 9.87. The summed E-state index contributed by atoms with van der Waals surface area (Å²) in [4.78, 5) is 0. The number of aromatic hydroxyl groups is 1. The fourth-order valence-corrected chi connectivity index (χ4v) is 2.28. The number of phenolic OH excluding ortho intramolecular Hbond substituents is 1. The van der Waals surface area contributed by atoms with Gasteiger partial charge in [0.1, 0.15) is 11.5 Å². The molecule has 16 heavy (non-hydrogen) atoms. The Kier molecular flexibility index (Phi) is 3.06. The van der Waals surface area contributed by atoms with E-state index in [-0.39, 0.29) is 5.92 Å². The number of fused-ring (bicyclic) bond motifs is 1. The van der Waals surface area contributed by atoms with E-state index in [4.69, 9.17) is 10.5 Å². The predicted molar refractivity (Wildman–Crippen MR) is 63.9 cm³/mol. The number of ether oxygens (including phenoxy) is 1. The van der Waals surface area contributed by atoms with E-state index < -0.39 is 0 Å². The Morgan fingerprint density at radius 3 is 2.81 bits per heavy atom. The lowest BCUT2D eigenvalue weighted by molar-refractivity contribution is 0.355. The highest BCUT2D eigenvalue weighted by molar-refractivity contribution is 5.49. The molecule has 0 fully saturated rings. The van der Waals surface area contributed by atoms with Crippen LogP contribution in [-0.2, 0) is 6.42 Å². The molecule has 0 bridgehead atoms. The van der Waals surface area contributed by atoms with Crippen LogP contribution < -0.4 is 10.5 Å². The van der Waals surface area contributed by atoms with Gasteiger partial charge in [0.15, 0.2) is 0 Å². The monoisotopic (exact) mass is 221 g/mol. The summed E-state index contributed by atoms with van der Waals surface area (Å²) in [6.07, 6.45) is 0.887. The molecule has 88 valence electrons. The topological polar surface area (TPSA) is 55.5 Å². The molecular weight excluding hydrogens is 202 g/mol. The van der Waals surface area contributed by atoms with Crippen molar-refractivity contribution in [1.82, 2.24) is 0 Å². The van der Waals surface area contributed by atoms with E-state index in [2.05, 4.69) is 13.8 Å². The van der Waals surface area contributed by atoms with Crippen molar-refractivity contribution in [3.8, 4) is 11.5 Å². The molecule has 0 spiro atoms. The molecular formula is C13H19NO2. The summed E-state index contributed by atoms with van der Waals surface area (Å²) in [5.41, 5.74) is 7.78. The Hall–Kier alpha value is -1.22. The summed E-state index contributed by atoms with van der Waals surface area (Å²) in [5, 5.41) is 10.0. The van der Waals surface area contributed by atoms with Crippen molar-refractivity contribution in [3.05, 3.63) is 23.3 Å². The van der Waals surface area contributed by atoms with Crippen LogP contribution in [-0.4, -0.2) is 18.3 Å². The van der Waals surface area contributed by atoms with Crippen LogP contribution >= 0.6 is 0 Å². The molecule has 0 saturated heterocycles. The fraction of sp³-hybridized carbons (Fsp3) is 0.538. The first-order chi connectivity index (χ1) is 7.63. The zero-order chi connectivity index (χ0) is 11.7. The van der Waals surface area contributed by atoms with E-state index in [1.165, 1.54) is 0 Å². The molecule has 1 aromatic rings. The Balaban J connectivity index is 2.40. The van der Waals surface area contributed by atoms with Crippen molar-refractivity contribution < 1.29 is 9.84 Å². The number of hydrogen-bond donors (Lipinski definition) is 2. The first-order valence-electron chi connectivity index (χ1n) is 5.82. The standard InChI is InChI=1S/C13H19NO2/c1-8(2)11(7-14)10-6-13-9(3-4-16-13)5-12(10)15/h5-6,8,11,15H,3-4,7,14H2,1-2H3. The third-order valence-corrected chi connectivity index (χ3v) is 3.30. The van der Waals surface area contributed by atoms with E-state index in [1.807, 2.05) is 12.1 Å². The van der Waals surface area contributed by atoms with E-state index in [0.717, 1.165) is 23.3 Å². The van der Waals surface area contributed by atoms with Crippen LogP contribution in [0.1, 0.15) is 30.9 Å². The second-order valence-electron chi connectivity index (χ2n) is 4.70. The number of phenols is 1. The molecule has 1 unspecified atom stereocenters. The zero-order valence-corrected chi connectivity index (χ0v) is 9.86. The van der Waals surface area contributed by atoms with Gasteiger partial charge in [-0.05, 0) is 24.6 Å².